The molecule has 0 fully saturated rings. The van der Waals surface area contributed by atoms with Gasteiger partial charge < -0.3 is 0 Å². The van der Waals surface area contributed by atoms with Crippen LogP contribution < -0.4 is 0 Å². The first-order valence-electron chi connectivity index (χ1n) is 4.64. The van der Waals surface area contributed by atoms with Crippen LogP contribution in [-0.4, -0.2) is 30.3 Å². The molecule has 0 aliphatic heterocycles. The van der Waals surface area contributed by atoms with E-state index in [1.807, 2.05) is 26.0 Å². The number of hydrogen-bond acceptors (Lipinski definition) is 4. The van der Waals surface area contributed by atoms with Crippen molar-refractivity contribution in [3.8, 4) is 12.1 Å². The minimum absolute atomic E-state index is 0.00915. The fraction of sp³-hybridized carbons (Fsp3) is 0.700. The SMILES string of the molecule is CCC(C)C(=O)CN(CC#N)CC#N. The summed E-state index contributed by atoms with van der Waals surface area (Å²) in [7, 11) is 0. The molecule has 0 saturated carbocycles. The van der Waals surface area contributed by atoms with E-state index in [9.17, 15) is 4.79 Å². The van der Waals surface area contributed by atoms with E-state index in [1.54, 1.807) is 4.90 Å². The second-order valence-corrected chi connectivity index (χ2v) is 3.24. The van der Waals surface area contributed by atoms with E-state index >= 15 is 0 Å². The highest BCUT2D eigenvalue weighted by Gasteiger charge is 2.14. The van der Waals surface area contributed by atoms with Gasteiger partial charge in [0.05, 0.1) is 31.8 Å². The zero-order chi connectivity index (χ0) is 11.0. The van der Waals surface area contributed by atoms with Gasteiger partial charge in [0.2, 0.25) is 0 Å². The molecule has 0 bridgehead atoms. The molecule has 14 heavy (non-hydrogen) atoms. The lowest BCUT2D eigenvalue weighted by Gasteiger charge is -2.16. The topological polar surface area (TPSA) is 67.9 Å². The molecule has 0 amide bonds. The van der Waals surface area contributed by atoms with Crippen LogP contribution >= 0.6 is 0 Å². The van der Waals surface area contributed by atoms with Crippen molar-refractivity contribution in [2.75, 3.05) is 19.6 Å². The summed E-state index contributed by atoms with van der Waals surface area (Å²) >= 11 is 0. The van der Waals surface area contributed by atoms with Crippen molar-refractivity contribution in [2.45, 2.75) is 20.3 Å². The van der Waals surface area contributed by atoms with E-state index in [4.69, 9.17) is 10.5 Å². The molecule has 0 aliphatic rings. The molecule has 0 aromatic heterocycles. The van der Waals surface area contributed by atoms with Crippen molar-refractivity contribution in [1.29, 1.82) is 10.5 Å². The summed E-state index contributed by atoms with van der Waals surface area (Å²) < 4.78 is 0. The lowest BCUT2D eigenvalue weighted by atomic mass is 10.0. The van der Waals surface area contributed by atoms with Gasteiger partial charge in [0, 0.05) is 5.92 Å². The monoisotopic (exact) mass is 193 g/mol. The average molecular weight is 193 g/mol. The summed E-state index contributed by atoms with van der Waals surface area (Å²) in [5.74, 6) is 0.105. The van der Waals surface area contributed by atoms with Crippen molar-refractivity contribution in [2.24, 2.45) is 5.92 Å². The average Bonchev–Trinajstić information content (AvgIpc) is 2.17. The van der Waals surface area contributed by atoms with Crippen LogP contribution in [0.25, 0.3) is 0 Å². The first-order chi connectivity index (χ1) is 6.65. The van der Waals surface area contributed by atoms with Crippen LogP contribution in [0.4, 0.5) is 0 Å². The molecule has 0 heterocycles. The molecular weight excluding hydrogens is 178 g/mol. The second-order valence-electron chi connectivity index (χ2n) is 3.24. The van der Waals surface area contributed by atoms with Gasteiger partial charge in [-0.05, 0) is 6.42 Å². The van der Waals surface area contributed by atoms with E-state index in [1.165, 1.54) is 0 Å². The zero-order valence-corrected chi connectivity index (χ0v) is 8.66. The molecule has 1 atom stereocenters. The third kappa shape index (κ3) is 4.59. The maximum absolute atomic E-state index is 11.5. The summed E-state index contributed by atoms with van der Waals surface area (Å²) in [6, 6.07) is 3.87. The standard InChI is InChI=1S/C10H15N3O/c1-3-9(2)10(14)8-13(6-4-11)7-5-12/h9H,3,6-8H2,1-2H3. The molecule has 0 saturated heterocycles. The van der Waals surface area contributed by atoms with E-state index in [0.717, 1.165) is 6.42 Å². The zero-order valence-electron chi connectivity index (χ0n) is 8.66. The molecule has 0 N–H and O–H groups in total. The van der Waals surface area contributed by atoms with Crippen LogP contribution in [0.3, 0.4) is 0 Å². The van der Waals surface area contributed by atoms with Crippen molar-refractivity contribution in [3.63, 3.8) is 0 Å². The van der Waals surface area contributed by atoms with E-state index < -0.39 is 0 Å². The Kier molecular flexibility index (Phi) is 6.36. The Labute approximate surface area is 84.7 Å². The summed E-state index contributed by atoms with van der Waals surface area (Å²) in [6.07, 6.45) is 0.797. The molecule has 0 rings (SSSR count). The number of nitriles is 2. The van der Waals surface area contributed by atoms with E-state index in [0.29, 0.717) is 0 Å². The minimum atomic E-state index is 0.00915. The van der Waals surface area contributed by atoms with Crippen molar-refractivity contribution < 1.29 is 4.79 Å². The summed E-state index contributed by atoms with van der Waals surface area (Å²) in [4.78, 5) is 13.0. The van der Waals surface area contributed by atoms with Crippen molar-refractivity contribution in [3.05, 3.63) is 0 Å². The van der Waals surface area contributed by atoms with Crippen LogP contribution in [0.1, 0.15) is 20.3 Å². The van der Waals surface area contributed by atoms with Crippen molar-refractivity contribution >= 4 is 5.78 Å². The normalized spacial score (nSPS) is 11.8. The molecule has 76 valence electrons. The molecular formula is C10H15N3O. The van der Waals surface area contributed by atoms with Gasteiger partial charge in [-0.15, -0.1) is 0 Å². The smallest absolute Gasteiger partial charge is 0.149 e. The Balaban J connectivity index is 4.11. The lowest BCUT2D eigenvalue weighted by Crippen LogP contribution is -2.33. The Morgan fingerprint density at radius 2 is 1.86 bits per heavy atom. The van der Waals surface area contributed by atoms with E-state index in [-0.39, 0.29) is 31.3 Å². The number of hydrogen-bond donors (Lipinski definition) is 0. The first-order valence-corrected chi connectivity index (χ1v) is 4.64. The Bertz CT molecular complexity index is 246. The third-order valence-electron chi connectivity index (χ3n) is 2.13. The number of rotatable bonds is 6. The van der Waals surface area contributed by atoms with Gasteiger partial charge in [-0.25, -0.2) is 0 Å². The van der Waals surface area contributed by atoms with Crippen LogP contribution in [0, 0.1) is 28.6 Å². The highest BCUT2D eigenvalue weighted by atomic mass is 16.1. The molecule has 4 nitrogen and oxygen atoms in total. The summed E-state index contributed by atoms with van der Waals surface area (Å²) in [6.45, 7) is 4.28. The van der Waals surface area contributed by atoms with E-state index in [2.05, 4.69) is 0 Å². The van der Waals surface area contributed by atoms with Crippen molar-refractivity contribution in [1.82, 2.24) is 4.90 Å². The predicted octanol–water partition coefficient (Wildman–Crippen LogP) is 0.951. The van der Waals surface area contributed by atoms with Crippen LogP contribution in [0.2, 0.25) is 0 Å². The maximum atomic E-state index is 11.5. The second kappa shape index (κ2) is 7.06. The minimum Gasteiger partial charge on any atom is -0.298 e. The molecule has 4 heteroatoms. The largest absolute Gasteiger partial charge is 0.298 e. The number of carbonyl (C=O) groups is 1. The Morgan fingerprint density at radius 1 is 1.36 bits per heavy atom. The van der Waals surface area contributed by atoms with Gasteiger partial charge in [0.25, 0.3) is 0 Å². The van der Waals surface area contributed by atoms with Gasteiger partial charge in [0.15, 0.2) is 0 Å². The Morgan fingerprint density at radius 3 is 2.21 bits per heavy atom. The molecule has 0 spiro atoms. The highest BCUT2D eigenvalue weighted by Crippen LogP contribution is 2.03. The first kappa shape index (κ1) is 12.6. The van der Waals surface area contributed by atoms with Gasteiger partial charge >= 0.3 is 0 Å². The van der Waals surface area contributed by atoms with Crippen LogP contribution in [-0.2, 0) is 4.79 Å². The van der Waals surface area contributed by atoms with Crippen LogP contribution in [0.5, 0.6) is 0 Å². The molecule has 0 aromatic carbocycles. The highest BCUT2D eigenvalue weighted by molar-refractivity contribution is 5.82. The lowest BCUT2D eigenvalue weighted by molar-refractivity contribution is -0.123. The number of nitrogens with zero attached hydrogens (tertiary/aromatic N) is 3. The summed E-state index contributed by atoms with van der Waals surface area (Å²) in [5, 5.41) is 16.9. The number of Topliss-reactive ketones (excluding diaryl/α,β-unsaturated/α-hetero) is 1. The maximum Gasteiger partial charge on any atom is 0.149 e. The summed E-state index contributed by atoms with van der Waals surface area (Å²) in [5.41, 5.74) is 0. The molecule has 0 aromatic rings. The molecule has 1 unspecified atom stereocenters. The number of carbonyl (C=O) groups excluding carboxylic acids is 1. The fourth-order valence-corrected chi connectivity index (χ4v) is 0.972. The van der Waals surface area contributed by atoms with Gasteiger partial charge in [-0.3, -0.25) is 9.69 Å². The number of ketones is 1. The quantitative estimate of drug-likeness (QED) is 0.589. The van der Waals surface area contributed by atoms with Gasteiger partial charge in [0.1, 0.15) is 5.78 Å². The van der Waals surface area contributed by atoms with Crippen LogP contribution in [0.15, 0.2) is 0 Å². The third-order valence-corrected chi connectivity index (χ3v) is 2.13. The molecule has 0 aliphatic carbocycles. The molecule has 0 radical (unpaired) electrons. The Hall–Kier alpha value is -1.39. The fourth-order valence-electron chi connectivity index (χ4n) is 0.972. The predicted molar refractivity (Wildman–Crippen MR) is 52.1 cm³/mol. The van der Waals surface area contributed by atoms with Gasteiger partial charge in [-0.1, -0.05) is 13.8 Å². The van der Waals surface area contributed by atoms with Gasteiger partial charge in [-0.2, -0.15) is 10.5 Å².